The number of anilines is 1. The predicted molar refractivity (Wildman–Crippen MR) is 78.9 cm³/mol. The summed E-state index contributed by atoms with van der Waals surface area (Å²) in [5, 5.41) is 20.9. The average molecular weight is 291 g/mol. The van der Waals surface area contributed by atoms with Gasteiger partial charge in [-0.05, 0) is 37.0 Å². The van der Waals surface area contributed by atoms with Gasteiger partial charge >= 0.3 is 5.97 Å². The molecule has 0 spiro atoms. The van der Waals surface area contributed by atoms with Crippen LogP contribution in [0.3, 0.4) is 0 Å². The molecule has 3 N–H and O–H groups in total. The lowest BCUT2D eigenvalue weighted by atomic mass is 9.78. The first-order valence-electron chi connectivity index (χ1n) is 7.35. The van der Waals surface area contributed by atoms with E-state index in [1.165, 1.54) is 0 Å². The molecular formula is C16H21NO4. The van der Waals surface area contributed by atoms with Gasteiger partial charge in [-0.2, -0.15) is 0 Å². The third-order valence-electron chi connectivity index (χ3n) is 4.04. The molecule has 1 amide bonds. The van der Waals surface area contributed by atoms with Crippen LogP contribution in [0.2, 0.25) is 0 Å². The number of hydrogen-bond donors (Lipinski definition) is 3. The van der Waals surface area contributed by atoms with Crippen molar-refractivity contribution in [2.24, 2.45) is 11.8 Å². The van der Waals surface area contributed by atoms with Crippen molar-refractivity contribution in [3.05, 3.63) is 29.8 Å². The van der Waals surface area contributed by atoms with E-state index in [4.69, 9.17) is 5.11 Å². The second kappa shape index (κ2) is 7.22. The van der Waals surface area contributed by atoms with Gasteiger partial charge in [0.1, 0.15) is 0 Å². The monoisotopic (exact) mass is 291 g/mol. The van der Waals surface area contributed by atoms with Gasteiger partial charge < -0.3 is 15.5 Å². The van der Waals surface area contributed by atoms with Crippen molar-refractivity contribution < 1.29 is 19.8 Å². The first-order chi connectivity index (χ1) is 10.1. The lowest BCUT2D eigenvalue weighted by Crippen LogP contribution is -2.36. The van der Waals surface area contributed by atoms with E-state index < -0.39 is 17.8 Å². The number of carbonyl (C=O) groups is 2. The third kappa shape index (κ3) is 4.04. The van der Waals surface area contributed by atoms with Crippen LogP contribution < -0.4 is 5.32 Å². The Morgan fingerprint density at radius 1 is 1.10 bits per heavy atom. The Balaban J connectivity index is 2.00. The van der Waals surface area contributed by atoms with Crippen molar-refractivity contribution in [2.75, 3.05) is 11.9 Å². The molecule has 5 heteroatoms. The van der Waals surface area contributed by atoms with Crippen LogP contribution in [-0.4, -0.2) is 28.7 Å². The number of hydrogen-bond acceptors (Lipinski definition) is 3. The summed E-state index contributed by atoms with van der Waals surface area (Å²) < 4.78 is 0. The lowest BCUT2D eigenvalue weighted by Gasteiger charge is -2.27. The Hall–Kier alpha value is -1.88. The quantitative estimate of drug-likeness (QED) is 0.775. The molecule has 0 aliphatic heterocycles. The summed E-state index contributed by atoms with van der Waals surface area (Å²) in [6.07, 6.45) is 3.56. The van der Waals surface area contributed by atoms with Crippen LogP contribution in [0.4, 0.5) is 5.69 Å². The fourth-order valence-electron chi connectivity index (χ4n) is 2.86. The number of carboxylic acid groups (broad SMARTS) is 1. The molecule has 1 aliphatic carbocycles. The fourth-order valence-corrected chi connectivity index (χ4v) is 2.86. The number of carboxylic acids is 1. The largest absolute Gasteiger partial charge is 0.481 e. The summed E-state index contributed by atoms with van der Waals surface area (Å²) in [5.74, 6) is -2.12. The number of benzene rings is 1. The minimum absolute atomic E-state index is 0.0913. The lowest BCUT2D eigenvalue weighted by molar-refractivity contribution is -0.147. The molecule has 2 atom stereocenters. The molecule has 21 heavy (non-hydrogen) atoms. The zero-order chi connectivity index (χ0) is 15.2. The molecule has 0 saturated heterocycles. The molecule has 0 unspecified atom stereocenters. The van der Waals surface area contributed by atoms with E-state index in [1.54, 1.807) is 12.1 Å². The highest BCUT2D eigenvalue weighted by Crippen LogP contribution is 2.31. The molecule has 1 aromatic rings. The van der Waals surface area contributed by atoms with Gasteiger partial charge in [0, 0.05) is 12.3 Å². The van der Waals surface area contributed by atoms with Crippen molar-refractivity contribution in [3.8, 4) is 0 Å². The molecule has 1 aromatic carbocycles. The Kier molecular flexibility index (Phi) is 5.33. The summed E-state index contributed by atoms with van der Waals surface area (Å²) in [6.45, 7) is 0.0913. The highest BCUT2D eigenvalue weighted by Gasteiger charge is 2.35. The highest BCUT2D eigenvalue weighted by molar-refractivity contribution is 5.95. The summed E-state index contributed by atoms with van der Waals surface area (Å²) in [4.78, 5) is 23.5. The van der Waals surface area contributed by atoms with E-state index in [0.29, 0.717) is 24.9 Å². The smallest absolute Gasteiger partial charge is 0.307 e. The van der Waals surface area contributed by atoms with Crippen molar-refractivity contribution >= 4 is 17.6 Å². The van der Waals surface area contributed by atoms with Crippen LogP contribution in [0, 0.1) is 11.8 Å². The zero-order valence-corrected chi connectivity index (χ0v) is 11.9. The van der Waals surface area contributed by atoms with Gasteiger partial charge in [-0.25, -0.2) is 0 Å². The SMILES string of the molecule is O=C(O)[C@H]1CCCC[C@H]1C(=O)Nc1ccc(CCO)cc1. The molecule has 0 heterocycles. The molecule has 1 saturated carbocycles. The minimum Gasteiger partial charge on any atom is -0.481 e. The van der Waals surface area contributed by atoms with E-state index in [2.05, 4.69) is 5.32 Å². The van der Waals surface area contributed by atoms with E-state index >= 15 is 0 Å². The van der Waals surface area contributed by atoms with Crippen molar-refractivity contribution in [2.45, 2.75) is 32.1 Å². The Morgan fingerprint density at radius 2 is 1.71 bits per heavy atom. The van der Waals surface area contributed by atoms with Gasteiger partial charge in [0.05, 0.1) is 11.8 Å². The van der Waals surface area contributed by atoms with Crippen LogP contribution in [0.1, 0.15) is 31.2 Å². The van der Waals surface area contributed by atoms with Crippen LogP contribution >= 0.6 is 0 Å². The summed E-state index contributed by atoms with van der Waals surface area (Å²) in [7, 11) is 0. The minimum atomic E-state index is -0.881. The van der Waals surface area contributed by atoms with Gasteiger partial charge in [0.15, 0.2) is 0 Å². The van der Waals surface area contributed by atoms with E-state index in [9.17, 15) is 14.7 Å². The van der Waals surface area contributed by atoms with Gasteiger partial charge in [-0.1, -0.05) is 25.0 Å². The Morgan fingerprint density at radius 3 is 2.29 bits per heavy atom. The summed E-state index contributed by atoms with van der Waals surface area (Å²) in [5.41, 5.74) is 1.66. The van der Waals surface area contributed by atoms with Crippen LogP contribution in [-0.2, 0) is 16.0 Å². The van der Waals surface area contributed by atoms with Crippen LogP contribution in [0.25, 0.3) is 0 Å². The molecule has 0 radical (unpaired) electrons. The van der Waals surface area contributed by atoms with Crippen LogP contribution in [0.15, 0.2) is 24.3 Å². The standard InChI is InChI=1S/C16H21NO4/c18-10-9-11-5-7-12(8-6-11)17-15(19)13-3-1-2-4-14(13)16(20)21/h5-8,13-14,18H,1-4,9-10H2,(H,17,19)(H,20,21)/t13-,14+/m1/s1. The first kappa shape index (κ1) is 15.5. The maximum absolute atomic E-state index is 12.3. The topological polar surface area (TPSA) is 86.6 Å². The van der Waals surface area contributed by atoms with E-state index in [1.807, 2.05) is 12.1 Å². The fraction of sp³-hybridized carbons (Fsp3) is 0.500. The molecular weight excluding hydrogens is 270 g/mol. The number of rotatable bonds is 5. The maximum Gasteiger partial charge on any atom is 0.307 e. The Labute approximate surface area is 124 Å². The van der Waals surface area contributed by atoms with Crippen molar-refractivity contribution in [1.29, 1.82) is 0 Å². The van der Waals surface area contributed by atoms with E-state index in [-0.39, 0.29) is 12.5 Å². The Bertz CT molecular complexity index is 498. The van der Waals surface area contributed by atoms with Gasteiger partial charge in [-0.15, -0.1) is 0 Å². The number of carbonyl (C=O) groups excluding carboxylic acids is 1. The zero-order valence-electron chi connectivity index (χ0n) is 11.9. The third-order valence-corrected chi connectivity index (χ3v) is 4.04. The predicted octanol–water partition coefficient (Wildman–Crippen LogP) is 2.05. The molecule has 0 bridgehead atoms. The number of nitrogens with one attached hydrogen (secondary N) is 1. The molecule has 1 aliphatic rings. The number of amides is 1. The molecule has 5 nitrogen and oxygen atoms in total. The second-order valence-corrected chi connectivity index (χ2v) is 5.50. The first-order valence-corrected chi connectivity index (χ1v) is 7.35. The van der Waals surface area contributed by atoms with Crippen molar-refractivity contribution in [1.82, 2.24) is 0 Å². The van der Waals surface area contributed by atoms with Crippen LogP contribution in [0.5, 0.6) is 0 Å². The summed E-state index contributed by atoms with van der Waals surface area (Å²) >= 11 is 0. The second-order valence-electron chi connectivity index (χ2n) is 5.50. The average Bonchev–Trinajstić information content (AvgIpc) is 2.49. The van der Waals surface area contributed by atoms with Gasteiger partial charge in [0.2, 0.25) is 5.91 Å². The number of aliphatic hydroxyl groups is 1. The summed E-state index contributed by atoms with van der Waals surface area (Å²) in [6, 6.07) is 7.26. The normalized spacial score (nSPS) is 21.8. The van der Waals surface area contributed by atoms with Crippen molar-refractivity contribution in [3.63, 3.8) is 0 Å². The molecule has 0 aromatic heterocycles. The molecule has 1 fully saturated rings. The number of aliphatic carboxylic acids is 1. The molecule has 2 rings (SSSR count). The van der Waals surface area contributed by atoms with E-state index in [0.717, 1.165) is 18.4 Å². The highest BCUT2D eigenvalue weighted by atomic mass is 16.4. The van der Waals surface area contributed by atoms with Gasteiger partial charge in [-0.3, -0.25) is 9.59 Å². The molecule has 114 valence electrons. The maximum atomic E-state index is 12.3. The number of aliphatic hydroxyl groups excluding tert-OH is 1. The van der Waals surface area contributed by atoms with Gasteiger partial charge in [0.25, 0.3) is 0 Å².